The molecule has 0 aliphatic carbocycles. The summed E-state index contributed by atoms with van der Waals surface area (Å²) in [5.74, 6) is -0.406. The fourth-order valence-electron chi connectivity index (χ4n) is 2.57. The lowest BCUT2D eigenvalue weighted by molar-refractivity contribution is 0.0722. The summed E-state index contributed by atoms with van der Waals surface area (Å²) in [5.41, 5.74) is 0.0632. The van der Waals surface area contributed by atoms with Gasteiger partial charge in [0, 0.05) is 13.1 Å². The molecule has 1 aromatic carbocycles. The molecule has 1 N–H and O–H groups in total. The van der Waals surface area contributed by atoms with E-state index in [0.717, 1.165) is 25.9 Å². The van der Waals surface area contributed by atoms with E-state index < -0.39 is 5.82 Å². The van der Waals surface area contributed by atoms with Gasteiger partial charge < -0.3 is 10.2 Å². The van der Waals surface area contributed by atoms with Crippen LogP contribution in [0.4, 0.5) is 4.39 Å². The van der Waals surface area contributed by atoms with Crippen molar-refractivity contribution in [2.45, 2.75) is 19.8 Å². The van der Waals surface area contributed by atoms with E-state index >= 15 is 0 Å². The molecule has 2 rings (SSSR count). The average molecular weight is 299 g/mol. The third kappa shape index (κ3) is 3.49. The van der Waals surface area contributed by atoms with Gasteiger partial charge in [-0.2, -0.15) is 0 Å². The largest absolute Gasteiger partial charge is 0.339 e. The molecule has 0 spiro atoms. The second kappa shape index (κ2) is 7.04. The van der Waals surface area contributed by atoms with Gasteiger partial charge in [-0.3, -0.25) is 4.79 Å². The van der Waals surface area contributed by atoms with Crippen LogP contribution < -0.4 is 5.32 Å². The van der Waals surface area contributed by atoms with Gasteiger partial charge in [-0.15, -0.1) is 0 Å². The highest BCUT2D eigenvalue weighted by molar-refractivity contribution is 6.31. The second-order valence-electron chi connectivity index (χ2n) is 5.14. The number of halogens is 2. The van der Waals surface area contributed by atoms with Crippen molar-refractivity contribution >= 4 is 17.5 Å². The Morgan fingerprint density at radius 3 is 2.80 bits per heavy atom. The van der Waals surface area contributed by atoms with Crippen LogP contribution in [0.1, 0.15) is 30.1 Å². The van der Waals surface area contributed by atoms with Gasteiger partial charge in [-0.1, -0.05) is 17.7 Å². The zero-order valence-corrected chi connectivity index (χ0v) is 12.4. The van der Waals surface area contributed by atoms with E-state index in [4.69, 9.17) is 11.6 Å². The topological polar surface area (TPSA) is 32.3 Å². The standard InChI is InChI=1S/C15H20ClFN2O/c1-2-19(10-11-6-8-18-9-7-11)15(20)12-4-3-5-13(16)14(12)17/h3-5,11,18H,2,6-10H2,1H3. The highest BCUT2D eigenvalue weighted by atomic mass is 35.5. The first-order valence-electron chi connectivity index (χ1n) is 7.07. The molecule has 5 heteroatoms. The molecule has 0 radical (unpaired) electrons. The summed E-state index contributed by atoms with van der Waals surface area (Å²) < 4.78 is 13.9. The van der Waals surface area contributed by atoms with E-state index in [2.05, 4.69) is 5.32 Å². The molecule has 1 saturated heterocycles. The van der Waals surface area contributed by atoms with Crippen LogP contribution in [0.3, 0.4) is 0 Å². The molecule has 0 unspecified atom stereocenters. The molecule has 0 atom stereocenters. The molecule has 0 bridgehead atoms. The van der Waals surface area contributed by atoms with Crippen molar-refractivity contribution in [1.82, 2.24) is 10.2 Å². The predicted octanol–water partition coefficient (Wildman–Crippen LogP) is 2.94. The number of nitrogens with zero attached hydrogens (tertiary/aromatic N) is 1. The second-order valence-corrected chi connectivity index (χ2v) is 5.55. The van der Waals surface area contributed by atoms with Crippen LogP contribution in [-0.2, 0) is 0 Å². The summed E-state index contributed by atoms with van der Waals surface area (Å²) in [6.07, 6.45) is 2.11. The third-order valence-corrected chi connectivity index (χ3v) is 4.08. The van der Waals surface area contributed by atoms with Gasteiger partial charge in [0.15, 0.2) is 5.82 Å². The first kappa shape index (κ1) is 15.3. The van der Waals surface area contributed by atoms with Gasteiger partial charge in [-0.25, -0.2) is 4.39 Å². The molecule has 110 valence electrons. The summed E-state index contributed by atoms with van der Waals surface area (Å²) in [7, 11) is 0. The Balaban J connectivity index is 2.10. The Morgan fingerprint density at radius 1 is 1.45 bits per heavy atom. The molecule has 1 fully saturated rings. The van der Waals surface area contributed by atoms with Gasteiger partial charge in [0.05, 0.1) is 10.6 Å². The van der Waals surface area contributed by atoms with Gasteiger partial charge in [0.1, 0.15) is 0 Å². The van der Waals surface area contributed by atoms with Gasteiger partial charge >= 0.3 is 0 Å². The summed E-state index contributed by atoms with van der Waals surface area (Å²) >= 11 is 5.74. The molecule has 1 aromatic rings. The Bertz CT molecular complexity index is 475. The third-order valence-electron chi connectivity index (χ3n) is 3.79. The summed E-state index contributed by atoms with van der Waals surface area (Å²) in [5, 5.41) is 3.30. The molecule has 1 aliphatic heterocycles. The zero-order valence-electron chi connectivity index (χ0n) is 11.7. The lowest BCUT2D eigenvalue weighted by atomic mass is 9.97. The maximum Gasteiger partial charge on any atom is 0.256 e. The SMILES string of the molecule is CCN(CC1CCNCC1)C(=O)c1cccc(Cl)c1F. The maximum absolute atomic E-state index is 13.9. The van der Waals surface area contributed by atoms with E-state index in [0.29, 0.717) is 19.0 Å². The summed E-state index contributed by atoms with van der Waals surface area (Å²) in [6, 6.07) is 4.56. The number of nitrogens with one attached hydrogen (secondary N) is 1. The molecular weight excluding hydrogens is 279 g/mol. The normalized spacial score (nSPS) is 16.1. The highest BCUT2D eigenvalue weighted by Gasteiger charge is 2.23. The van der Waals surface area contributed by atoms with Crippen LogP contribution in [-0.4, -0.2) is 37.0 Å². The lowest BCUT2D eigenvalue weighted by Gasteiger charge is -2.29. The van der Waals surface area contributed by atoms with E-state index in [1.807, 2.05) is 6.92 Å². The van der Waals surface area contributed by atoms with Gasteiger partial charge in [0.2, 0.25) is 0 Å². The minimum Gasteiger partial charge on any atom is -0.339 e. The quantitative estimate of drug-likeness (QED) is 0.927. The molecule has 3 nitrogen and oxygen atoms in total. The molecule has 1 aliphatic rings. The Labute approximate surface area is 124 Å². The number of carbonyl (C=O) groups excluding carboxylic acids is 1. The highest BCUT2D eigenvalue weighted by Crippen LogP contribution is 2.21. The van der Waals surface area contributed by atoms with Gasteiger partial charge in [-0.05, 0) is 50.9 Å². The first-order chi connectivity index (χ1) is 9.63. The van der Waals surface area contributed by atoms with Crippen molar-refractivity contribution < 1.29 is 9.18 Å². The maximum atomic E-state index is 13.9. The predicted molar refractivity (Wildman–Crippen MR) is 78.6 cm³/mol. The van der Waals surface area contributed by atoms with Crippen LogP contribution in [0.15, 0.2) is 18.2 Å². The van der Waals surface area contributed by atoms with Crippen LogP contribution in [0.25, 0.3) is 0 Å². The summed E-state index contributed by atoms with van der Waals surface area (Å²) in [4.78, 5) is 14.1. The average Bonchev–Trinajstić information content (AvgIpc) is 2.48. The lowest BCUT2D eigenvalue weighted by Crippen LogP contribution is -2.39. The molecule has 0 saturated carbocycles. The number of rotatable bonds is 4. The fourth-order valence-corrected chi connectivity index (χ4v) is 2.75. The number of hydrogen-bond donors (Lipinski definition) is 1. The molecule has 1 amide bonds. The van der Waals surface area contributed by atoms with Crippen molar-refractivity contribution in [3.05, 3.63) is 34.6 Å². The van der Waals surface area contributed by atoms with Gasteiger partial charge in [0.25, 0.3) is 5.91 Å². The smallest absolute Gasteiger partial charge is 0.256 e. The Kier molecular flexibility index (Phi) is 5.38. The Hall–Kier alpha value is -1.13. The number of piperidine rings is 1. The van der Waals surface area contributed by atoms with Crippen LogP contribution >= 0.6 is 11.6 Å². The summed E-state index contributed by atoms with van der Waals surface area (Å²) in [6.45, 7) is 5.16. The molecular formula is C15H20ClFN2O. The fraction of sp³-hybridized carbons (Fsp3) is 0.533. The number of carbonyl (C=O) groups is 1. The Morgan fingerprint density at radius 2 is 2.15 bits per heavy atom. The molecule has 20 heavy (non-hydrogen) atoms. The molecule has 0 aromatic heterocycles. The van der Waals surface area contributed by atoms with Crippen molar-refractivity contribution in [3.8, 4) is 0 Å². The minimum absolute atomic E-state index is 0.00577. The van der Waals surface area contributed by atoms with E-state index in [1.165, 1.54) is 12.1 Å². The molecule has 1 heterocycles. The minimum atomic E-state index is -0.622. The van der Waals surface area contributed by atoms with Crippen molar-refractivity contribution in [3.63, 3.8) is 0 Å². The van der Waals surface area contributed by atoms with Crippen molar-refractivity contribution in [1.29, 1.82) is 0 Å². The van der Waals surface area contributed by atoms with Crippen molar-refractivity contribution in [2.24, 2.45) is 5.92 Å². The monoisotopic (exact) mass is 298 g/mol. The van der Waals surface area contributed by atoms with Crippen LogP contribution in [0.2, 0.25) is 5.02 Å². The van der Waals surface area contributed by atoms with Crippen LogP contribution in [0.5, 0.6) is 0 Å². The number of benzene rings is 1. The van der Waals surface area contributed by atoms with E-state index in [9.17, 15) is 9.18 Å². The first-order valence-corrected chi connectivity index (χ1v) is 7.45. The number of hydrogen-bond acceptors (Lipinski definition) is 2. The van der Waals surface area contributed by atoms with Crippen molar-refractivity contribution in [2.75, 3.05) is 26.2 Å². The van der Waals surface area contributed by atoms with E-state index in [1.54, 1.807) is 11.0 Å². The number of amides is 1. The zero-order chi connectivity index (χ0) is 14.5. The van der Waals surface area contributed by atoms with E-state index in [-0.39, 0.29) is 16.5 Å². The van der Waals surface area contributed by atoms with Crippen LogP contribution in [0, 0.1) is 11.7 Å².